The highest BCUT2D eigenvalue weighted by atomic mass is 32.1. The minimum Gasteiger partial charge on any atom is -0.302 e. The van der Waals surface area contributed by atoms with Crippen molar-refractivity contribution in [3.63, 3.8) is 0 Å². The Bertz CT molecular complexity index is 1060. The zero-order chi connectivity index (χ0) is 17.3. The maximum Gasteiger partial charge on any atom is 0.279 e. The zero-order valence-corrected chi connectivity index (χ0v) is 12.9. The number of fused-ring (bicyclic) bond motifs is 1. The van der Waals surface area contributed by atoms with E-state index in [1.165, 1.54) is 22.8 Å². The summed E-state index contributed by atoms with van der Waals surface area (Å²) in [5.74, 6) is -0.463. The van der Waals surface area contributed by atoms with Crippen LogP contribution in [-0.4, -0.2) is 10.5 Å². The highest BCUT2D eigenvalue weighted by molar-refractivity contribution is 7.16. The van der Waals surface area contributed by atoms with Crippen molar-refractivity contribution in [1.29, 1.82) is 0 Å². The number of carbonyl (C=O) groups is 1. The first-order valence-electron chi connectivity index (χ1n) is 6.76. The molecule has 7 heteroatoms. The van der Waals surface area contributed by atoms with Gasteiger partial charge in [-0.15, -0.1) is 6.42 Å². The first-order chi connectivity index (χ1) is 11.5. The van der Waals surface area contributed by atoms with Crippen LogP contribution < -0.4 is 4.80 Å². The minimum atomic E-state index is -0.795. The van der Waals surface area contributed by atoms with Gasteiger partial charge in [-0.25, -0.2) is 13.2 Å². The van der Waals surface area contributed by atoms with Gasteiger partial charge in [0, 0.05) is 11.6 Å². The fraction of sp³-hybridized carbons (Fsp3) is 0.0588. The van der Waals surface area contributed by atoms with Crippen LogP contribution >= 0.6 is 11.3 Å². The summed E-state index contributed by atoms with van der Waals surface area (Å²) in [7, 11) is 0. The summed E-state index contributed by atoms with van der Waals surface area (Å²) in [5.41, 5.74) is 0.122. The van der Waals surface area contributed by atoms with E-state index in [-0.39, 0.29) is 27.1 Å². The van der Waals surface area contributed by atoms with Crippen molar-refractivity contribution in [2.75, 3.05) is 0 Å². The molecule has 0 saturated carbocycles. The molecule has 0 unspecified atom stereocenters. The van der Waals surface area contributed by atoms with Crippen molar-refractivity contribution in [2.24, 2.45) is 4.99 Å². The van der Waals surface area contributed by atoms with E-state index >= 15 is 0 Å². The van der Waals surface area contributed by atoms with Crippen LogP contribution in [0.25, 0.3) is 10.2 Å². The molecular formula is C17H9F3N2OS. The number of benzene rings is 2. The van der Waals surface area contributed by atoms with Crippen LogP contribution in [0.15, 0.2) is 41.4 Å². The molecule has 0 aliphatic rings. The summed E-state index contributed by atoms with van der Waals surface area (Å²) in [6, 6.07) is 6.92. The molecule has 0 aliphatic heterocycles. The smallest absolute Gasteiger partial charge is 0.279 e. The van der Waals surface area contributed by atoms with E-state index in [9.17, 15) is 18.0 Å². The van der Waals surface area contributed by atoms with E-state index in [0.717, 1.165) is 29.5 Å². The largest absolute Gasteiger partial charge is 0.302 e. The molecule has 0 saturated heterocycles. The van der Waals surface area contributed by atoms with Gasteiger partial charge in [0.05, 0.1) is 16.8 Å². The van der Waals surface area contributed by atoms with Crippen LogP contribution in [-0.2, 0) is 6.54 Å². The second-order valence-electron chi connectivity index (χ2n) is 4.84. The Kier molecular flexibility index (Phi) is 4.23. The molecule has 0 N–H and O–H groups in total. The Morgan fingerprint density at radius 2 is 2.00 bits per heavy atom. The predicted octanol–water partition coefficient (Wildman–Crippen LogP) is 3.49. The third-order valence-electron chi connectivity index (χ3n) is 3.21. The molecular weight excluding hydrogens is 337 g/mol. The molecule has 0 aliphatic carbocycles. The monoisotopic (exact) mass is 346 g/mol. The molecule has 0 fully saturated rings. The van der Waals surface area contributed by atoms with Gasteiger partial charge in [0.25, 0.3) is 5.91 Å². The summed E-state index contributed by atoms with van der Waals surface area (Å²) in [4.78, 5) is 16.2. The van der Waals surface area contributed by atoms with E-state index < -0.39 is 23.4 Å². The van der Waals surface area contributed by atoms with Crippen molar-refractivity contribution in [2.45, 2.75) is 6.54 Å². The Hall–Kier alpha value is -2.85. The molecule has 3 rings (SSSR count). The van der Waals surface area contributed by atoms with Crippen molar-refractivity contribution < 1.29 is 18.0 Å². The van der Waals surface area contributed by atoms with Crippen molar-refractivity contribution in [3.05, 3.63) is 64.2 Å². The second kappa shape index (κ2) is 6.34. The number of terminal acetylenes is 1. The van der Waals surface area contributed by atoms with E-state index in [1.54, 1.807) is 0 Å². The zero-order valence-electron chi connectivity index (χ0n) is 12.1. The molecule has 3 aromatic rings. The van der Waals surface area contributed by atoms with Gasteiger partial charge in [-0.05, 0) is 24.3 Å². The minimum absolute atomic E-state index is 0.0438. The molecule has 1 heterocycles. The number of halogens is 3. The highest BCUT2D eigenvalue weighted by Crippen LogP contribution is 2.22. The third kappa shape index (κ3) is 2.96. The number of hydrogen-bond acceptors (Lipinski definition) is 2. The van der Waals surface area contributed by atoms with Crippen LogP contribution in [0.4, 0.5) is 13.2 Å². The number of hydrogen-bond donors (Lipinski definition) is 0. The molecule has 1 amide bonds. The summed E-state index contributed by atoms with van der Waals surface area (Å²) < 4.78 is 42.2. The van der Waals surface area contributed by atoms with Crippen LogP contribution in [0.5, 0.6) is 0 Å². The van der Waals surface area contributed by atoms with Gasteiger partial charge in [0.15, 0.2) is 10.6 Å². The second-order valence-corrected chi connectivity index (χ2v) is 5.85. The molecule has 0 atom stereocenters. The molecule has 24 heavy (non-hydrogen) atoms. The summed E-state index contributed by atoms with van der Waals surface area (Å²) >= 11 is 0.926. The number of carbonyl (C=O) groups excluding carboxylic acids is 1. The molecule has 3 nitrogen and oxygen atoms in total. The quantitative estimate of drug-likeness (QED) is 0.654. The van der Waals surface area contributed by atoms with Crippen LogP contribution in [0, 0.1) is 29.8 Å². The Morgan fingerprint density at radius 3 is 2.71 bits per heavy atom. The Labute approximate surface area is 138 Å². The lowest BCUT2D eigenvalue weighted by Gasteiger charge is -2.01. The van der Waals surface area contributed by atoms with Crippen LogP contribution in [0.2, 0.25) is 0 Å². The average molecular weight is 346 g/mol. The van der Waals surface area contributed by atoms with Gasteiger partial charge in [0.1, 0.15) is 11.6 Å². The van der Waals surface area contributed by atoms with Crippen LogP contribution in [0.3, 0.4) is 0 Å². The number of thiazole rings is 1. The topological polar surface area (TPSA) is 34.4 Å². The molecule has 2 aromatic carbocycles. The lowest BCUT2D eigenvalue weighted by atomic mass is 10.2. The molecule has 0 radical (unpaired) electrons. The maximum absolute atomic E-state index is 14.1. The molecule has 0 bridgehead atoms. The van der Waals surface area contributed by atoms with Gasteiger partial charge in [-0.2, -0.15) is 4.99 Å². The first kappa shape index (κ1) is 16.0. The molecule has 1 aromatic heterocycles. The lowest BCUT2D eigenvalue weighted by molar-refractivity contribution is 0.0997. The third-order valence-corrected chi connectivity index (χ3v) is 4.24. The van der Waals surface area contributed by atoms with E-state index in [4.69, 9.17) is 6.42 Å². The summed E-state index contributed by atoms with van der Waals surface area (Å²) in [6.07, 6.45) is 5.28. The highest BCUT2D eigenvalue weighted by Gasteiger charge is 2.14. The lowest BCUT2D eigenvalue weighted by Crippen LogP contribution is -2.17. The number of nitrogens with zero attached hydrogens (tertiary/aromatic N) is 2. The Balaban J connectivity index is 2.22. The average Bonchev–Trinajstić information content (AvgIpc) is 2.85. The van der Waals surface area contributed by atoms with Crippen molar-refractivity contribution in [1.82, 2.24) is 4.57 Å². The van der Waals surface area contributed by atoms with Gasteiger partial charge >= 0.3 is 0 Å². The van der Waals surface area contributed by atoms with Crippen molar-refractivity contribution >= 4 is 27.5 Å². The molecule has 0 spiro atoms. The number of aromatic nitrogens is 1. The fourth-order valence-electron chi connectivity index (χ4n) is 2.23. The molecule has 120 valence electrons. The normalized spacial score (nSPS) is 11.7. The fourth-order valence-corrected chi connectivity index (χ4v) is 3.29. The van der Waals surface area contributed by atoms with Crippen LogP contribution in [0.1, 0.15) is 10.4 Å². The van der Waals surface area contributed by atoms with E-state index in [0.29, 0.717) is 0 Å². The van der Waals surface area contributed by atoms with Crippen molar-refractivity contribution in [3.8, 4) is 12.3 Å². The van der Waals surface area contributed by atoms with Gasteiger partial charge in [-0.3, -0.25) is 4.79 Å². The SMILES string of the molecule is C#CCn1c(=NC(=O)c2cccc(F)c2)sc2cc(F)cc(F)c21. The van der Waals surface area contributed by atoms with Gasteiger partial charge in [0.2, 0.25) is 0 Å². The van der Waals surface area contributed by atoms with E-state index in [2.05, 4.69) is 10.9 Å². The first-order valence-corrected chi connectivity index (χ1v) is 7.57. The standard InChI is InChI=1S/C17H9F3N2OS/c1-2-6-22-15-13(20)8-12(19)9-14(15)24-17(22)21-16(23)10-4-3-5-11(18)7-10/h1,3-5,7-9H,6H2. The Morgan fingerprint density at radius 1 is 1.21 bits per heavy atom. The summed E-state index contributed by atoms with van der Waals surface area (Å²) in [5, 5.41) is 0. The van der Waals surface area contributed by atoms with E-state index in [1.807, 2.05) is 0 Å². The van der Waals surface area contributed by atoms with Gasteiger partial charge in [-0.1, -0.05) is 23.3 Å². The number of rotatable bonds is 2. The maximum atomic E-state index is 14.1. The predicted molar refractivity (Wildman–Crippen MR) is 84.9 cm³/mol. The van der Waals surface area contributed by atoms with Gasteiger partial charge < -0.3 is 4.57 Å². The number of amides is 1. The summed E-state index contributed by atoms with van der Waals surface area (Å²) in [6.45, 7) is -0.0438.